The monoisotopic (exact) mass is 508 g/mol. The molecule has 0 radical (unpaired) electrons. The first-order valence-corrected chi connectivity index (χ1v) is 10.5. The normalized spacial score (nSPS) is 16.7. The highest BCUT2D eigenvalue weighted by Crippen LogP contribution is 2.30. The van der Waals surface area contributed by atoms with Gasteiger partial charge in [-0.15, -0.1) is 24.0 Å². The first-order chi connectivity index (χ1) is 12.7. The second-order valence-electron chi connectivity index (χ2n) is 6.35. The molecule has 0 amide bonds. The van der Waals surface area contributed by atoms with Crippen LogP contribution in [-0.4, -0.2) is 64.9 Å². The summed E-state index contributed by atoms with van der Waals surface area (Å²) in [5.41, 5.74) is 1.13. The van der Waals surface area contributed by atoms with Gasteiger partial charge in [0.1, 0.15) is 11.5 Å². The number of halogens is 1. The molecule has 1 saturated heterocycles. The van der Waals surface area contributed by atoms with Crippen LogP contribution in [-0.2, 0) is 0 Å². The number of hydrogen-bond donors (Lipinski definition) is 2. The van der Waals surface area contributed by atoms with Crippen LogP contribution in [0.5, 0.6) is 11.5 Å². The third-order valence-electron chi connectivity index (χ3n) is 4.52. The van der Waals surface area contributed by atoms with Crippen LogP contribution in [0, 0.1) is 0 Å². The molecule has 0 aliphatic carbocycles. The van der Waals surface area contributed by atoms with Crippen LogP contribution in [0.3, 0.4) is 0 Å². The molecule has 1 atom stereocenters. The first kappa shape index (κ1) is 24.0. The number of nitrogens with one attached hydrogen (secondary N) is 2. The van der Waals surface area contributed by atoms with E-state index in [1.54, 1.807) is 14.2 Å². The van der Waals surface area contributed by atoms with E-state index >= 15 is 0 Å². The molecular weight excluding hydrogens is 475 g/mol. The van der Waals surface area contributed by atoms with E-state index in [0.717, 1.165) is 49.2 Å². The van der Waals surface area contributed by atoms with Gasteiger partial charge < -0.3 is 25.0 Å². The van der Waals surface area contributed by atoms with Crippen molar-refractivity contribution in [2.45, 2.75) is 25.3 Å². The molecule has 1 aliphatic rings. The maximum atomic E-state index is 5.39. The Morgan fingerprint density at radius 3 is 2.52 bits per heavy atom. The van der Waals surface area contributed by atoms with E-state index < -0.39 is 0 Å². The lowest BCUT2D eigenvalue weighted by Gasteiger charge is -2.21. The highest BCUT2D eigenvalue weighted by atomic mass is 127. The van der Waals surface area contributed by atoms with Crippen LogP contribution in [0.15, 0.2) is 23.2 Å². The molecule has 1 unspecified atom stereocenters. The van der Waals surface area contributed by atoms with Crippen LogP contribution in [0.25, 0.3) is 0 Å². The van der Waals surface area contributed by atoms with Crippen molar-refractivity contribution in [1.29, 1.82) is 0 Å². The lowest BCUT2D eigenvalue weighted by Crippen LogP contribution is -2.44. The van der Waals surface area contributed by atoms with Gasteiger partial charge in [-0.1, -0.05) is 0 Å². The average Bonchev–Trinajstić information content (AvgIpc) is 3.15. The number of thioether (sulfide) groups is 1. The smallest absolute Gasteiger partial charge is 0.191 e. The van der Waals surface area contributed by atoms with Crippen molar-refractivity contribution in [3.8, 4) is 11.5 Å². The highest BCUT2D eigenvalue weighted by Gasteiger charge is 2.24. The Labute approximate surface area is 184 Å². The molecule has 8 heteroatoms. The minimum atomic E-state index is 0. The molecule has 6 nitrogen and oxygen atoms in total. The van der Waals surface area contributed by atoms with Crippen LogP contribution in [0.4, 0.5) is 5.69 Å². The summed E-state index contributed by atoms with van der Waals surface area (Å²) < 4.78 is 10.8. The van der Waals surface area contributed by atoms with Crippen molar-refractivity contribution in [2.24, 2.45) is 4.99 Å². The molecule has 27 heavy (non-hydrogen) atoms. The second-order valence-corrected chi connectivity index (χ2v) is 7.33. The molecule has 0 spiro atoms. The summed E-state index contributed by atoms with van der Waals surface area (Å²) in [6.07, 6.45) is 5.63. The van der Waals surface area contributed by atoms with E-state index in [1.165, 1.54) is 18.6 Å². The van der Waals surface area contributed by atoms with Crippen molar-refractivity contribution in [2.75, 3.05) is 57.8 Å². The number of nitrogens with zero attached hydrogens (tertiary/aromatic N) is 2. The summed E-state index contributed by atoms with van der Waals surface area (Å²) in [5, 5.41) is 6.96. The summed E-state index contributed by atoms with van der Waals surface area (Å²) >= 11 is 1.90. The molecule has 1 aromatic carbocycles. The lowest BCUT2D eigenvalue weighted by atomic mass is 10.2. The van der Waals surface area contributed by atoms with E-state index in [0.29, 0.717) is 6.04 Å². The van der Waals surface area contributed by atoms with Crippen molar-refractivity contribution in [3.63, 3.8) is 0 Å². The number of anilines is 1. The Morgan fingerprint density at radius 2 is 1.93 bits per heavy atom. The third-order valence-corrected chi connectivity index (χ3v) is 5.22. The Balaban J connectivity index is 0.00000364. The van der Waals surface area contributed by atoms with Crippen molar-refractivity contribution >= 4 is 47.4 Å². The van der Waals surface area contributed by atoms with Gasteiger partial charge in [0.25, 0.3) is 0 Å². The van der Waals surface area contributed by atoms with Crippen LogP contribution < -0.4 is 25.0 Å². The van der Waals surface area contributed by atoms with Crippen LogP contribution in [0.1, 0.15) is 19.3 Å². The van der Waals surface area contributed by atoms with Crippen molar-refractivity contribution in [3.05, 3.63) is 18.2 Å². The van der Waals surface area contributed by atoms with Crippen LogP contribution >= 0.6 is 35.7 Å². The molecule has 154 valence electrons. The summed E-state index contributed by atoms with van der Waals surface area (Å²) in [6, 6.07) is 6.40. The lowest BCUT2D eigenvalue weighted by molar-refractivity contribution is 0.394. The molecule has 0 saturated carbocycles. The fraction of sp³-hybridized carbons (Fsp3) is 0.632. The Bertz CT molecular complexity index is 567. The largest absolute Gasteiger partial charge is 0.497 e. The number of unbranched alkanes of at least 4 members (excludes halogenated alkanes) is 1. The summed E-state index contributed by atoms with van der Waals surface area (Å²) in [6.45, 7) is 2.89. The Kier molecular flexibility index (Phi) is 11.7. The molecule has 1 fully saturated rings. The van der Waals surface area contributed by atoms with Gasteiger partial charge in [0, 0.05) is 56.6 Å². The molecular formula is C19H33IN4O2S. The predicted octanol–water partition coefficient (Wildman–Crippen LogP) is 3.21. The molecule has 0 aromatic heterocycles. The van der Waals surface area contributed by atoms with E-state index in [2.05, 4.69) is 38.9 Å². The van der Waals surface area contributed by atoms with Gasteiger partial charge in [-0.25, -0.2) is 0 Å². The van der Waals surface area contributed by atoms with E-state index in [9.17, 15) is 0 Å². The van der Waals surface area contributed by atoms with E-state index in [4.69, 9.17) is 9.47 Å². The average molecular weight is 508 g/mol. The van der Waals surface area contributed by atoms with Crippen molar-refractivity contribution in [1.82, 2.24) is 10.6 Å². The quantitative estimate of drug-likeness (QED) is 0.231. The fourth-order valence-electron chi connectivity index (χ4n) is 3.05. The topological polar surface area (TPSA) is 58.1 Å². The van der Waals surface area contributed by atoms with Gasteiger partial charge in [0.15, 0.2) is 5.96 Å². The number of ether oxygens (including phenoxy) is 2. The minimum Gasteiger partial charge on any atom is -0.497 e. The van der Waals surface area contributed by atoms with Crippen LogP contribution in [0.2, 0.25) is 0 Å². The van der Waals surface area contributed by atoms with Gasteiger partial charge in [0.2, 0.25) is 0 Å². The maximum Gasteiger partial charge on any atom is 0.191 e. The molecule has 1 aromatic rings. The minimum absolute atomic E-state index is 0. The summed E-state index contributed by atoms with van der Waals surface area (Å²) in [4.78, 5) is 6.71. The molecule has 0 bridgehead atoms. The van der Waals surface area contributed by atoms with Crippen molar-refractivity contribution < 1.29 is 9.47 Å². The van der Waals surface area contributed by atoms with E-state index in [-0.39, 0.29) is 24.0 Å². The van der Waals surface area contributed by atoms with Gasteiger partial charge >= 0.3 is 0 Å². The van der Waals surface area contributed by atoms with Gasteiger partial charge in [-0.2, -0.15) is 11.8 Å². The zero-order valence-electron chi connectivity index (χ0n) is 16.8. The summed E-state index contributed by atoms with van der Waals surface area (Å²) in [7, 11) is 5.19. The number of rotatable bonds is 9. The molecule has 2 rings (SSSR count). The van der Waals surface area contributed by atoms with Gasteiger partial charge in [-0.3, -0.25) is 4.99 Å². The number of guanidine groups is 1. The third kappa shape index (κ3) is 7.85. The standard InChI is InChI=1S/C19H32N4O2S.HI/c1-20-19(21-8-5-6-10-26-4)22-15-7-9-23(14-15)16-11-17(24-2)13-18(12-16)25-3;/h11-13,15H,5-10,14H2,1-4H3,(H2,20,21,22);1H. The predicted molar refractivity (Wildman–Crippen MR) is 128 cm³/mol. The number of hydrogen-bond acceptors (Lipinski definition) is 5. The Hall–Kier alpha value is -1.03. The second kappa shape index (κ2) is 13.2. The number of aliphatic imine (C=N–C) groups is 1. The zero-order valence-corrected chi connectivity index (χ0v) is 19.9. The summed E-state index contributed by atoms with van der Waals surface area (Å²) in [5.74, 6) is 3.75. The maximum absolute atomic E-state index is 5.39. The number of benzene rings is 1. The number of methoxy groups -OCH3 is 2. The fourth-order valence-corrected chi connectivity index (χ4v) is 3.55. The Morgan fingerprint density at radius 1 is 1.22 bits per heavy atom. The van der Waals surface area contributed by atoms with Gasteiger partial charge in [-0.05, 0) is 31.3 Å². The molecule has 1 aliphatic heterocycles. The van der Waals surface area contributed by atoms with E-state index in [1.807, 2.05) is 24.9 Å². The first-order valence-electron chi connectivity index (χ1n) is 9.14. The SMILES string of the molecule is CN=C(NCCCCSC)NC1CCN(c2cc(OC)cc(OC)c2)C1.I. The van der Waals surface area contributed by atoms with Gasteiger partial charge in [0.05, 0.1) is 14.2 Å². The zero-order chi connectivity index (χ0) is 18.8. The molecule has 1 heterocycles. The highest BCUT2D eigenvalue weighted by molar-refractivity contribution is 14.0. The molecule has 2 N–H and O–H groups in total.